The van der Waals surface area contributed by atoms with E-state index in [2.05, 4.69) is 45.0 Å². The molecule has 1 aromatic rings. The highest BCUT2D eigenvalue weighted by Crippen LogP contribution is 2.25. The third-order valence-electron chi connectivity index (χ3n) is 2.77. The van der Waals surface area contributed by atoms with Crippen LogP contribution >= 0.6 is 9.07 Å². The summed E-state index contributed by atoms with van der Waals surface area (Å²) in [5.41, 5.74) is 1.71. The third kappa shape index (κ3) is 2.86. The SMILES string of the molecule is CCC(C)(C)c1cc[c]([Mg][Cl])cc1. The lowest BCUT2D eigenvalue weighted by atomic mass is 9.82. The van der Waals surface area contributed by atoms with Crippen LogP contribution in [0.2, 0.25) is 0 Å². The topological polar surface area (TPSA) is 0 Å². The van der Waals surface area contributed by atoms with Crippen LogP contribution in [-0.4, -0.2) is 19.3 Å². The van der Waals surface area contributed by atoms with Gasteiger partial charge in [0.25, 0.3) is 0 Å². The number of rotatable bonds is 3. The maximum atomic E-state index is 5.87. The molecule has 0 heterocycles. The molecule has 1 rings (SSSR count). The van der Waals surface area contributed by atoms with E-state index in [1.807, 2.05) is 0 Å². The minimum Gasteiger partial charge on any atom is -0.336 e. The monoisotopic (exact) mass is 206 g/mol. The Balaban J connectivity index is 2.92. The van der Waals surface area contributed by atoms with Crippen molar-refractivity contribution in [2.75, 3.05) is 0 Å². The van der Waals surface area contributed by atoms with E-state index in [9.17, 15) is 0 Å². The maximum absolute atomic E-state index is 5.87. The van der Waals surface area contributed by atoms with E-state index >= 15 is 0 Å². The normalized spacial score (nSPS) is 11.1. The number of halogens is 1. The summed E-state index contributed by atoms with van der Waals surface area (Å²) in [6.07, 6.45) is 1.17. The average Bonchev–Trinajstić information content (AvgIpc) is 2.18. The molecule has 0 aliphatic heterocycles. The Kier molecular flexibility index (Phi) is 4.08. The summed E-state index contributed by atoms with van der Waals surface area (Å²) in [4.78, 5) is 0. The second kappa shape index (κ2) is 4.67. The maximum Gasteiger partial charge on any atom is 0.538 e. The molecule has 0 saturated carbocycles. The molecule has 0 amide bonds. The summed E-state index contributed by atoms with van der Waals surface area (Å²) < 4.78 is 1.33. The van der Waals surface area contributed by atoms with E-state index < -0.39 is 19.3 Å². The van der Waals surface area contributed by atoms with Crippen LogP contribution < -0.4 is 3.69 Å². The molecule has 0 radical (unpaired) electrons. The van der Waals surface area contributed by atoms with E-state index in [0.717, 1.165) is 0 Å². The summed E-state index contributed by atoms with van der Waals surface area (Å²) in [5, 5.41) is 0. The van der Waals surface area contributed by atoms with Gasteiger partial charge in [0.1, 0.15) is 0 Å². The van der Waals surface area contributed by atoms with Gasteiger partial charge in [-0.1, -0.05) is 45.0 Å². The first-order chi connectivity index (χ1) is 6.10. The lowest BCUT2D eigenvalue weighted by Crippen LogP contribution is -2.17. The van der Waals surface area contributed by atoms with Crippen LogP contribution in [0, 0.1) is 0 Å². The molecule has 0 nitrogen and oxygen atoms in total. The van der Waals surface area contributed by atoms with Crippen LogP contribution in [0.15, 0.2) is 24.3 Å². The van der Waals surface area contributed by atoms with Crippen molar-refractivity contribution < 1.29 is 0 Å². The molecule has 68 valence electrons. The highest BCUT2D eigenvalue weighted by atomic mass is 35.5. The van der Waals surface area contributed by atoms with Gasteiger partial charge in [0.05, 0.1) is 0 Å². The molecule has 0 spiro atoms. The summed E-state index contributed by atoms with van der Waals surface area (Å²) in [5.74, 6) is 0. The highest BCUT2D eigenvalue weighted by molar-refractivity contribution is 7.01. The fourth-order valence-corrected chi connectivity index (χ4v) is 2.20. The molecule has 0 aromatic heterocycles. The van der Waals surface area contributed by atoms with E-state index in [-0.39, 0.29) is 0 Å². The predicted octanol–water partition coefficient (Wildman–Crippen LogP) is 2.86. The zero-order valence-electron chi connectivity index (χ0n) is 8.60. The summed E-state index contributed by atoms with van der Waals surface area (Å²) in [7, 11) is 5.87. The molecule has 0 fully saturated rings. The first-order valence-corrected chi connectivity index (χ1v) is 7.60. The molecule has 0 bridgehead atoms. The standard InChI is InChI=1S/C11H15.ClH.Mg/c1-4-11(2,3)10-8-6-5-7-9-10;;/h6-9H,4H2,1-3H3;1H;/q;;+1/p-1. The van der Waals surface area contributed by atoms with E-state index in [1.165, 1.54) is 15.7 Å². The lowest BCUT2D eigenvalue weighted by Gasteiger charge is -2.23. The Bertz CT molecular complexity index is 264. The van der Waals surface area contributed by atoms with Crippen LogP contribution in [0.5, 0.6) is 0 Å². The van der Waals surface area contributed by atoms with Gasteiger partial charge >= 0.3 is 19.3 Å². The molecule has 0 aliphatic carbocycles. The first kappa shape index (κ1) is 11.4. The molecular formula is C11H15ClMg. The number of benzene rings is 1. The second-order valence-electron chi connectivity index (χ2n) is 4.07. The van der Waals surface area contributed by atoms with Gasteiger partial charge in [-0.3, -0.25) is 0 Å². The zero-order chi connectivity index (χ0) is 9.90. The van der Waals surface area contributed by atoms with Crippen molar-refractivity contribution in [1.29, 1.82) is 0 Å². The predicted molar refractivity (Wildman–Crippen MR) is 61.0 cm³/mol. The molecule has 1 aromatic carbocycles. The zero-order valence-corrected chi connectivity index (χ0v) is 10.8. The first-order valence-electron chi connectivity index (χ1n) is 4.75. The Hall–Kier alpha value is 0.276. The largest absolute Gasteiger partial charge is 0.538 e. The molecule has 0 N–H and O–H groups in total. The van der Waals surface area contributed by atoms with E-state index in [1.54, 1.807) is 0 Å². The van der Waals surface area contributed by atoms with Crippen molar-refractivity contribution in [2.45, 2.75) is 32.6 Å². The molecular weight excluding hydrogens is 192 g/mol. The molecule has 0 saturated heterocycles. The van der Waals surface area contributed by atoms with Gasteiger partial charge < -0.3 is 9.07 Å². The van der Waals surface area contributed by atoms with Gasteiger partial charge in [-0.05, 0) is 17.4 Å². The Morgan fingerprint density at radius 1 is 1.23 bits per heavy atom. The van der Waals surface area contributed by atoms with Gasteiger partial charge in [0.15, 0.2) is 0 Å². The van der Waals surface area contributed by atoms with Gasteiger partial charge in [-0.2, -0.15) is 0 Å². The number of hydrogen-bond donors (Lipinski definition) is 0. The van der Waals surface area contributed by atoms with E-state index in [4.69, 9.17) is 9.07 Å². The van der Waals surface area contributed by atoms with Gasteiger partial charge in [0, 0.05) is 0 Å². The van der Waals surface area contributed by atoms with Crippen molar-refractivity contribution in [3.05, 3.63) is 29.8 Å². The fourth-order valence-electron chi connectivity index (χ4n) is 1.25. The average molecular weight is 207 g/mol. The van der Waals surface area contributed by atoms with Crippen LogP contribution in [-0.2, 0) is 5.41 Å². The van der Waals surface area contributed by atoms with Gasteiger partial charge in [-0.25, -0.2) is 0 Å². The molecule has 0 unspecified atom stereocenters. The van der Waals surface area contributed by atoms with Gasteiger partial charge in [0.2, 0.25) is 0 Å². The van der Waals surface area contributed by atoms with Crippen molar-refractivity contribution in [2.24, 2.45) is 0 Å². The van der Waals surface area contributed by atoms with Gasteiger partial charge in [-0.15, -0.1) is 3.69 Å². The summed E-state index contributed by atoms with van der Waals surface area (Å²) in [6.45, 7) is 6.78. The Morgan fingerprint density at radius 3 is 2.15 bits per heavy atom. The second-order valence-corrected chi connectivity index (χ2v) is 5.95. The number of hydrogen-bond acceptors (Lipinski definition) is 0. The highest BCUT2D eigenvalue weighted by Gasteiger charge is 2.17. The summed E-state index contributed by atoms with van der Waals surface area (Å²) in [6, 6.07) is 8.78. The van der Waals surface area contributed by atoms with Crippen molar-refractivity contribution in [3.63, 3.8) is 0 Å². The molecule has 0 aliphatic rings. The third-order valence-corrected chi connectivity index (χ3v) is 4.48. The van der Waals surface area contributed by atoms with Crippen molar-refractivity contribution >= 4 is 32.0 Å². The molecule has 13 heavy (non-hydrogen) atoms. The molecule has 2 heteroatoms. The Labute approximate surface area is 94.2 Å². The van der Waals surface area contributed by atoms with Crippen LogP contribution in [0.1, 0.15) is 32.8 Å². The minimum atomic E-state index is -0.503. The summed E-state index contributed by atoms with van der Waals surface area (Å²) >= 11 is -0.503. The van der Waals surface area contributed by atoms with Crippen molar-refractivity contribution in [1.82, 2.24) is 0 Å². The Morgan fingerprint density at radius 2 is 1.77 bits per heavy atom. The van der Waals surface area contributed by atoms with Crippen molar-refractivity contribution in [3.8, 4) is 0 Å². The molecule has 0 atom stereocenters. The lowest BCUT2D eigenvalue weighted by molar-refractivity contribution is 0.506. The fraction of sp³-hybridized carbons (Fsp3) is 0.455. The minimum absolute atomic E-state index is 0.298. The van der Waals surface area contributed by atoms with E-state index in [0.29, 0.717) is 5.41 Å². The quantitative estimate of drug-likeness (QED) is 0.668. The van der Waals surface area contributed by atoms with Crippen LogP contribution in [0.25, 0.3) is 0 Å². The smallest absolute Gasteiger partial charge is 0.336 e. The van der Waals surface area contributed by atoms with Crippen LogP contribution in [0.4, 0.5) is 0 Å². The van der Waals surface area contributed by atoms with Crippen LogP contribution in [0.3, 0.4) is 0 Å².